The molecule has 0 aromatic heterocycles. The summed E-state index contributed by atoms with van der Waals surface area (Å²) in [5.41, 5.74) is -1.29. The summed E-state index contributed by atoms with van der Waals surface area (Å²) in [4.78, 5) is 0. The molecule has 0 heterocycles. The zero-order chi connectivity index (χ0) is 22.9. The van der Waals surface area contributed by atoms with Gasteiger partial charge in [0, 0.05) is 19.8 Å². The van der Waals surface area contributed by atoms with E-state index in [-0.39, 0.29) is 13.2 Å². The lowest BCUT2D eigenvalue weighted by Gasteiger charge is -2.44. The Labute approximate surface area is 186 Å². The Bertz CT molecular complexity index is 502. The minimum absolute atomic E-state index is 0.0842. The first kappa shape index (κ1) is 29.8. The Hall–Kier alpha value is -0.210. The number of ether oxygens (including phenoxy) is 3. The van der Waals surface area contributed by atoms with E-state index in [0.29, 0.717) is 13.0 Å². The molecule has 0 saturated carbocycles. The maximum Gasteiger partial charge on any atom is 0.329 e. The molecule has 0 aliphatic heterocycles. The number of hydrogen-bond acceptors (Lipinski definition) is 5. The van der Waals surface area contributed by atoms with Gasteiger partial charge in [0.1, 0.15) is 5.60 Å². The van der Waals surface area contributed by atoms with Gasteiger partial charge in [0.05, 0.1) is 0 Å². The van der Waals surface area contributed by atoms with Crippen molar-refractivity contribution < 1.29 is 27.2 Å². The van der Waals surface area contributed by atoms with Crippen molar-refractivity contribution >= 4 is 10.1 Å². The zero-order valence-corrected chi connectivity index (χ0v) is 21.0. The first-order valence-corrected chi connectivity index (χ1v) is 13.6. The Kier molecular flexibility index (Phi) is 16.3. The quantitative estimate of drug-likeness (QED) is 0.122. The summed E-state index contributed by atoms with van der Waals surface area (Å²) < 4.78 is 51.5. The molecule has 6 nitrogen and oxygen atoms in total. The highest BCUT2D eigenvalue weighted by Crippen LogP contribution is 2.40. The fraction of sp³-hybridized carbons (Fsp3) is 1.00. The number of unbranched alkanes of at least 4 members (excludes halogenated alkanes) is 11. The smallest absolute Gasteiger partial charge is 0.329 e. The van der Waals surface area contributed by atoms with E-state index in [2.05, 4.69) is 6.92 Å². The highest BCUT2D eigenvalue weighted by atomic mass is 32.2. The molecule has 0 aromatic carbocycles. The summed E-state index contributed by atoms with van der Waals surface area (Å²) in [5, 5.41) is -2.21. The second kappa shape index (κ2) is 16.4. The van der Waals surface area contributed by atoms with Crippen molar-refractivity contribution in [1.29, 1.82) is 0 Å². The summed E-state index contributed by atoms with van der Waals surface area (Å²) in [6, 6.07) is 0. The van der Waals surface area contributed by atoms with Gasteiger partial charge in [-0.15, -0.1) is 0 Å². The molecule has 1 unspecified atom stereocenters. The van der Waals surface area contributed by atoms with E-state index in [1.807, 2.05) is 0 Å². The van der Waals surface area contributed by atoms with Gasteiger partial charge in [0.15, 0.2) is 0 Å². The molecule has 0 aliphatic rings. The molecule has 1 N–H and O–H groups in total. The number of rotatable bonds is 21. The topological polar surface area (TPSA) is 82.1 Å². The molecule has 0 bridgehead atoms. The molecule has 1 atom stereocenters. The van der Waals surface area contributed by atoms with Crippen molar-refractivity contribution in [2.45, 2.75) is 129 Å². The standard InChI is InChI=1S/C23H48O6S/c1-6-10-11-12-13-14-15-16-17-18-19-20-21-22(5,27-7-2)23(28-8-3,29-9-4)30(24,25)26/h6-21H2,1-5H3,(H,24,25,26). The predicted molar refractivity (Wildman–Crippen MR) is 123 cm³/mol. The third-order valence-corrected chi connectivity index (χ3v) is 6.97. The molecule has 0 aliphatic carbocycles. The van der Waals surface area contributed by atoms with E-state index in [1.54, 1.807) is 27.7 Å². The lowest BCUT2D eigenvalue weighted by Crippen LogP contribution is -2.62. The lowest BCUT2D eigenvalue weighted by atomic mass is 9.95. The molecule has 182 valence electrons. The minimum Gasteiger partial charge on any atom is -0.369 e. The molecule has 7 heteroatoms. The van der Waals surface area contributed by atoms with Crippen LogP contribution in [0.2, 0.25) is 0 Å². The van der Waals surface area contributed by atoms with Crippen molar-refractivity contribution in [3.05, 3.63) is 0 Å². The largest absolute Gasteiger partial charge is 0.369 e. The average Bonchev–Trinajstić information content (AvgIpc) is 2.68. The van der Waals surface area contributed by atoms with Gasteiger partial charge in [-0.3, -0.25) is 4.55 Å². The second-order valence-electron chi connectivity index (χ2n) is 8.20. The van der Waals surface area contributed by atoms with E-state index in [4.69, 9.17) is 14.2 Å². The van der Waals surface area contributed by atoms with Crippen LogP contribution in [0.15, 0.2) is 0 Å². The normalized spacial score (nSPS) is 14.7. The van der Waals surface area contributed by atoms with Crippen LogP contribution in [0, 0.1) is 0 Å². The van der Waals surface area contributed by atoms with Crippen molar-refractivity contribution in [2.75, 3.05) is 19.8 Å². The molecule has 0 amide bonds. The van der Waals surface area contributed by atoms with Crippen molar-refractivity contribution in [3.8, 4) is 0 Å². The van der Waals surface area contributed by atoms with Gasteiger partial charge < -0.3 is 14.2 Å². The molecule has 0 radical (unpaired) electrons. The minimum atomic E-state index is -4.67. The van der Waals surface area contributed by atoms with Crippen LogP contribution in [0.5, 0.6) is 0 Å². The molecule has 30 heavy (non-hydrogen) atoms. The first-order chi connectivity index (χ1) is 14.2. The van der Waals surface area contributed by atoms with Crippen LogP contribution in [-0.4, -0.2) is 43.5 Å². The van der Waals surface area contributed by atoms with Gasteiger partial charge in [-0.25, -0.2) is 0 Å². The third kappa shape index (κ3) is 9.94. The molecule has 0 spiro atoms. The van der Waals surface area contributed by atoms with E-state index in [9.17, 15) is 13.0 Å². The van der Waals surface area contributed by atoms with Crippen LogP contribution in [0.4, 0.5) is 0 Å². The van der Waals surface area contributed by atoms with E-state index in [1.165, 1.54) is 57.8 Å². The van der Waals surface area contributed by atoms with E-state index >= 15 is 0 Å². The summed E-state index contributed by atoms with van der Waals surface area (Å²) >= 11 is 0. The Morgan fingerprint density at radius 2 is 1.00 bits per heavy atom. The maximum atomic E-state index is 12.3. The molecular formula is C23H48O6S. The average molecular weight is 453 g/mol. The number of hydrogen-bond donors (Lipinski definition) is 1. The Morgan fingerprint density at radius 1 is 0.633 bits per heavy atom. The highest BCUT2D eigenvalue weighted by Gasteiger charge is 2.61. The molecule has 0 rings (SSSR count). The monoisotopic (exact) mass is 452 g/mol. The first-order valence-electron chi connectivity index (χ1n) is 12.1. The van der Waals surface area contributed by atoms with Crippen LogP contribution >= 0.6 is 0 Å². The van der Waals surface area contributed by atoms with E-state index < -0.39 is 20.8 Å². The van der Waals surface area contributed by atoms with Gasteiger partial charge in [-0.2, -0.15) is 8.42 Å². The van der Waals surface area contributed by atoms with Crippen LogP contribution < -0.4 is 0 Å². The van der Waals surface area contributed by atoms with Gasteiger partial charge in [-0.1, -0.05) is 84.0 Å². The second-order valence-corrected chi connectivity index (χ2v) is 9.69. The fourth-order valence-electron chi connectivity index (χ4n) is 4.08. The summed E-state index contributed by atoms with van der Waals surface area (Å²) in [5.74, 6) is 0. The van der Waals surface area contributed by atoms with Crippen LogP contribution in [0.25, 0.3) is 0 Å². The predicted octanol–water partition coefficient (Wildman–Crippen LogP) is 6.49. The molecule has 0 fully saturated rings. The van der Waals surface area contributed by atoms with Crippen molar-refractivity contribution in [1.82, 2.24) is 0 Å². The maximum absolute atomic E-state index is 12.3. The third-order valence-electron chi connectivity index (χ3n) is 5.63. The zero-order valence-electron chi connectivity index (χ0n) is 20.2. The Balaban J connectivity index is 4.55. The Morgan fingerprint density at radius 3 is 1.33 bits per heavy atom. The van der Waals surface area contributed by atoms with Crippen molar-refractivity contribution in [2.24, 2.45) is 0 Å². The van der Waals surface area contributed by atoms with Crippen LogP contribution in [0.3, 0.4) is 0 Å². The lowest BCUT2D eigenvalue weighted by molar-refractivity contribution is -0.279. The van der Waals surface area contributed by atoms with Gasteiger partial charge in [-0.05, 0) is 34.1 Å². The molecular weight excluding hydrogens is 404 g/mol. The van der Waals surface area contributed by atoms with Crippen LogP contribution in [-0.2, 0) is 24.3 Å². The SMILES string of the molecule is CCCCCCCCCCCCCCC(C)(OCC)C(OCC)(OCC)S(=O)(=O)O. The summed E-state index contributed by atoms with van der Waals surface area (Å²) in [6.07, 6.45) is 15.1. The van der Waals surface area contributed by atoms with Gasteiger partial charge in [0.2, 0.25) is 0 Å². The van der Waals surface area contributed by atoms with Gasteiger partial charge >= 0.3 is 15.2 Å². The molecule has 0 aromatic rings. The summed E-state index contributed by atoms with van der Waals surface area (Å²) in [6.45, 7) is 9.52. The molecule has 0 saturated heterocycles. The van der Waals surface area contributed by atoms with Crippen molar-refractivity contribution in [3.63, 3.8) is 0 Å². The van der Waals surface area contributed by atoms with Gasteiger partial charge in [0.25, 0.3) is 0 Å². The van der Waals surface area contributed by atoms with Crippen LogP contribution in [0.1, 0.15) is 118 Å². The highest BCUT2D eigenvalue weighted by molar-refractivity contribution is 7.87. The fourth-order valence-corrected chi connectivity index (χ4v) is 5.32. The summed E-state index contributed by atoms with van der Waals surface area (Å²) in [7, 11) is -4.67. The van der Waals surface area contributed by atoms with E-state index in [0.717, 1.165) is 19.3 Å².